The third kappa shape index (κ3) is 4.09. The van der Waals surface area contributed by atoms with Gasteiger partial charge in [0.15, 0.2) is 5.82 Å². The molecule has 1 aromatic heterocycles. The predicted molar refractivity (Wildman–Crippen MR) is 83.6 cm³/mol. The van der Waals surface area contributed by atoms with Gasteiger partial charge in [-0.1, -0.05) is 5.16 Å². The molecule has 7 nitrogen and oxygen atoms in total. The van der Waals surface area contributed by atoms with Crippen LogP contribution in [0.3, 0.4) is 0 Å². The van der Waals surface area contributed by atoms with E-state index in [2.05, 4.69) is 15.0 Å². The van der Waals surface area contributed by atoms with Crippen LogP contribution in [0, 0.1) is 12.8 Å². The zero-order valence-corrected chi connectivity index (χ0v) is 14.2. The fourth-order valence-electron chi connectivity index (χ4n) is 3.55. The molecule has 23 heavy (non-hydrogen) atoms. The minimum atomic E-state index is 0.128. The van der Waals surface area contributed by atoms with Gasteiger partial charge in [0.1, 0.15) is 0 Å². The first-order valence-electron chi connectivity index (χ1n) is 8.47. The van der Waals surface area contributed by atoms with Crippen molar-refractivity contribution in [2.24, 2.45) is 5.92 Å². The van der Waals surface area contributed by atoms with E-state index in [9.17, 15) is 4.79 Å². The van der Waals surface area contributed by atoms with Gasteiger partial charge in [-0.2, -0.15) is 4.98 Å². The molecule has 0 radical (unpaired) electrons. The third-order valence-electron chi connectivity index (χ3n) is 4.60. The minimum Gasteiger partial charge on any atom is -0.372 e. The number of nitrogens with zero attached hydrogens (tertiary/aromatic N) is 4. The Morgan fingerprint density at radius 1 is 1.22 bits per heavy atom. The van der Waals surface area contributed by atoms with Crippen molar-refractivity contribution >= 4 is 5.91 Å². The fraction of sp³-hybridized carbons (Fsp3) is 0.812. The van der Waals surface area contributed by atoms with Crippen LogP contribution in [0.4, 0.5) is 0 Å². The minimum absolute atomic E-state index is 0.128. The van der Waals surface area contributed by atoms with Gasteiger partial charge in [0, 0.05) is 19.0 Å². The molecule has 128 valence electrons. The van der Waals surface area contributed by atoms with Crippen molar-refractivity contribution in [1.29, 1.82) is 0 Å². The van der Waals surface area contributed by atoms with Gasteiger partial charge in [0.2, 0.25) is 11.8 Å². The molecule has 1 aromatic rings. The van der Waals surface area contributed by atoms with Crippen LogP contribution in [0.5, 0.6) is 0 Å². The Bertz CT molecular complexity index is 529. The van der Waals surface area contributed by atoms with Gasteiger partial charge < -0.3 is 14.2 Å². The number of hydrogen-bond acceptors (Lipinski definition) is 6. The van der Waals surface area contributed by atoms with Gasteiger partial charge in [0.25, 0.3) is 0 Å². The lowest BCUT2D eigenvalue weighted by Crippen LogP contribution is -2.51. The highest BCUT2D eigenvalue weighted by Gasteiger charge is 2.32. The van der Waals surface area contributed by atoms with Gasteiger partial charge in [-0.3, -0.25) is 9.69 Å². The molecule has 0 saturated carbocycles. The summed E-state index contributed by atoms with van der Waals surface area (Å²) in [6.07, 6.45) is 2.05. The molecule has 2 atom stereocenters. The summed E-state index contributed by atoms with van der Waals surface area (Å²) >= 11 is 0. The van der Waals surface area contributed by atoms with Crippen LogP contribution in [0.15, 0.2) is 4.52 Å². The molecule has 2 fully saturated rings. The van der Waals surface area contributed by atoms with Crippen LogP contribution in [0.1, 0.15) is 38.4 Å². The fourth-order valence-corrected chi connectivity index (χ4v) is 3.55. The van der Waals surface area contributed by atoms with Crippen LogP contribution in [-0.4, -0.2) is 64.2 Å². The molecular weight excluding hydrogens is 296 g/mol. The van der Waals surface area contributed by atoms with Crippen molar-refractivity contribution in [2.75, 3.05) is 26.2 Å². The lowest BCUT2D eigenvalue weighted by atomic mass is 9.94. The van der Waals surface area contributed by atoms with E-state index in [4.69, 9.17) is 9.26 Å². The number of carbonyl (C=O) groups is 1. The molecule has 0 bridgehead atoms. The number of hydrogen-bond donors (Lipinski definition) is 0. The molecule has 3 heterocycles. The Balaban J connectivity index is 1.49. The number of ether oxygens (including phenoxy) is 1. The van der Waals surface area contributed by atoms with Gasteiger partial charge >= 0.3 is 0 Å². The summed E-state index contributed by atoms with van der Waals surface area (Å²) in [6.45, 7) is 9.78. The monoisotopic (exact) mass is 322 g/mol. The van der Waals surface area contributed by atoms with Crippen molar-refractivity contribution in [3.8, 4) is 0 Å². The molecule has 0 unspecified atom stereocenters. The molecule has 2 aliphatic heterocycles. The van der Waals surface area contributed by atoms with Crippen LogP contribution < -0.4 is 0 Å². The van der Waals surface area contributed by atoms with Gasteiger partial charge in [-0.05, 0) is 46.7 Å². The van der Waals surface area contributed by atoms with E-state index >= 15 is 0 Å². The van der Waals surface area contributed by atoms with Crippen LogP contribution in [-0.2, 0) is 16.1 Å². The summed E-state index contributed by atoms with van der Waals surface area (Å²) < 4.78 is 10.9. The summed E-state index contributed by atoms with van der Waals surface area (Å²) in [7, 11) is 0. The first-order valence-corrected chi connectivity index (χ1v) is 8.47. The van der Waals surface area contributed by atoms with E-state index < -0.39 is 0 Å². The van der Waals surface area contributed by atoms with E-state index in [1.807, 2.05) is 25.7 Å². The van der Waals surface area contributed by atoms with Gasteiger partial charge in [0.05, 0.1) is 18.8 Å². The van der Waals surface area contributed by atoms with Crippen molar-refractivity contribution in [2.45, 2.75) is 52.4 Å². The molecule has 2 saturated heterocycles. The number of likely N-dealkylation sites (tertiary alicyclic amines) is 1. The molecule has 0 aromatic carbocycles. The standard InChI is InChI=1S/C16H26N4O3/c1-11-8-20(9-12(2)22-11)16(21)14-4-6-19(7-5-14)10-15-17-13(3)18-23-15/h11-12,14H,4-10H2,1-3H3/t11-,12-/m0/s1. The lowest BCUT2D eigenvalue weighted by Gasteiger charge is -2.39. The molecule has 2 aliphatic rings. The number of aryl methyl sites for hydroxylation is 1. The largest absolute Gasteiger partial charge is 0.372 e. The topological polar surface area (TPSA) is 71.7 Å². The number of morpholine rings is 1. The second-order valence-corrected chi connectivity index (χ2v) is 6.79. The smallest absolute Gasteiger partial charge is 0.240 e. The summed E-state index contributed by atoms with van der Waals surface area (Å²) in [5.74, 6) is 1.75. The quantitative estimate of drug-likeness (QED) is 0.833. The van der Waals surface area contributed by atoms with E-state index in [0.717, 1.165) is 25.9 Å². The summed E-state index contributed by atoms with van der Waals surface area (Å²) in [4.78, 5) is 21.2. The number of amides is 1. The normalized spacial score (nSPS) is 27.3. The Morgan fingerprint density at radius 3 is 2.43 bits per heavy atom. The molecule has 0 aliphatic carbocycles. The molecular formula is C16H26N4O3. The highest BCUT2D eigenvalue weighted by atomic mass is 16.5. The Labute approximate surface area is 137 Å². The van der Waals surface area contributed by atoms with E-state index in [1.54, 1.807) is 0 Å². The Kier molecular flexibility index (Phi) is 4.96. The average molecular weight is 322 g/mol. The van der Waals surface area contributed by atoms with Crippen molar-refractivity contribution in [3.63, 3.8) is 0 Å². The maximum Gasteiger partial charge on any atom is 0.240 e. The summed E-state index contributed by atoms with van der Waals surface area (Å²) in [5, 5.41) is 3.82. The van der Waals surface area contributed by atoms with Crippen molar-refractivity contribution < 1.29 is 14.1 Å². The summed E-state index contributed by atoms with van der Waals surface area (Å²) in [6, 6.07) is 0. The number of carbonyl (C=O) groups excluding carboxylic acids is 1. The zero-order chi connectivity index (χ0) is 16.4. The van der Waals surface area contributed by atoms with E-state index in [0.29, 0.717) is 37.3 Å². The Morgan fingerprint density at radius 2 is 1.87 bits per heavy atom. The van der Waals surface area contributed by atoms with Crippen LogP contribution >= 0.6 is 0 Å². The summed E-state index contributed by atoms with van der Waals surface area (Å²) in [5.41, 5.74) is 0. The predicted octanol–water partition coefficient (Wildman–Crippen LogP) is 1.23. The number of rotatable bonds is 3. The zero-order valence-electron chi connectivity index (χ0n) is 14.2. The highest BCUT2D eigenvalue weighted by molar-refractivity contribution is 5.79. The first kappa shape index (κ1) is 16.4. The van der Waals surface area contributed by atoms with E-state index in [-0.39, 0.29) is 18.1 Å². The molecule has 0 spiro atoms. The molecule has 3 rings (SSSR count). The maximum atomic E-state index is 12.7. The van der Waals surface area contributed by atoms with Gasteiger partial charge in [-0.15, -0.1) is 0 Å². The number of aromatic nitrogens is 2. The highest BCUT2D eigenvalue weighted by Crippen LogP contribution is 2.23. The van der Waals surface area contributed by atoms with Gasteiger partial charge in [-0.25, -0.2) is 0 Å². The second-order valence-electron chi connectivity index (χ2n) is 6.79. The second kappa shape index (κ2) is 6.97. The molecule has 0 N–H and O–H groups in total. The third-order valence-corrected chi connectivity index (χ3v) is 4.60. The lowest BCUT2D eigenvalue weighted by molar-refractivity contribution is -0.149. The first-order chi connectivity index (χ1) is 11.0. The Hall–Kier alpha value is -1.47. The maximum absolute atomic E-state index is 12.7. The average Bonchev–Trinajstić information content (AvgIpc) is 2.91. The van der Waals surface area contributed by atoms with Crippen molar-refractivity contribution in [1.82, 2.24) is 19.9 Å². The molecule has 7 heteroatoms. The van der Waals surface area contributed by atoms with Crippen LogP contribution in [0.2, 0.25) is 0 Å². The van der Waals surface area contributed by atoms with E-state index in [1.165, 1.54) is 0 Å². The SMILES string of the molecule is Cc1noc(CN2CCC(C(=O)N3C[C@H](C)O[C@@H](C)C3)CC2)n1. The molecule has 1 amide bonds. The number of piperidine rings is 1. The van der Waals surface area contributed by atoms with Crippen LogP contribution in [0.25, 0.3) is 0 Å². The van der Waals surface area contributed by atoms with Crippen molar-refractivity contribution in [3.05, 3.63) is 11.7 Å².